The van der Waals surface area contributed by atoms with Gasteiger partial charge in [-0.3, -0.25) is 9.78 Å². The maximum Gasteiger partial charge on any atom is 0.246 e. The lowest BCUT2D eigenvalue weighted by Gasteiger charge is -2.24. The van der Waals surface area contributed by atoms with Crippen LogP contribution in [0.3, 0.4) is 0 Å². The van der Waals surface area contributed by atoms with Crippen LogP contribution in [-0.4, -0.2) is 24.1 Å². The average molecular weight is 436 g/mol. The number of rotatable bonds is 3. The van der Waals surface area contributed by atoms with Gasteiger partial charge in [-0.25, -0.2) is 0 Å². The highest BCUT2D eigenvalue weighted by Gasteiger charge is 2.58. The lowest BCUT2D eigenvalue weighted by molar-refractivity contribution is -0.122. The summed E-state index contributed by atoms with van der Waals surface area (Å²) in [5, 5.41) is 0. The second kappa shape index (κ2) is 6.72. The number of nitrogens with zero attached hydrogens (tertiary/aromatic N) is 2. The van der Waals surface area contributed by atoms with E-state index in [0.29, 0.717) is 13.2 Å². The first-order valence-electron chi connectivity index (χ1n) is 11.1. The first-order valence-corrected chi connectivity index (χ1v) is 11.1. The van der Waals surface area contributed by atoms with Crippen molar-refractivity contribution in [3.8, 4) is 22.6 Å². The Hall–Kier alpha value is -4.06. The molecule has 1 atom stereocenters. The number of ether oxygens (including phenoxy) is 2. The Morgan fingerprint density at radius 2 is 2.00 bits per heavy atom. The van der Waals surface area contributed by atoms with Crippen molar-refractivity contribution in [2.75, 3.05) is 18.1 Å². The van der Waals surface area contributed by atoms with Crippen LogP contribution in [0.15, 0.2) is 77.7 Å². The van der Waals surface area contributed by atoms with Crippen LogP contribution in [0.2, 0.25) is 0 Å². The fraction of sp³-hybridized carbons (Fsp3) is 0.185. The molecule has 1 spiro atoms. The van der Waals surface area contributed by atoms with Crippen LogP contribution in [-0.2, 0) is 23.2 Å². The van der Waals surface area contributed by atoms with Crippen LogP contribution in [0.1, 0.15) is 22.4 Å². The Kier molecular flexibility index (Phi) is 3.77. The van der Waals surface area contributed by atoms with Crippen LogP contribution < -0.4 is 14.4 Å². The zero-order valence-electron chi connectivity index (χ0n) is 17.8. The Bertz CT molecular complexity index is 1400. The number of aromatic nitrogens is 1. The van der Waals surface area contributed by atoms with Gasteiger partial charge in [-0.2, -0.15) is 0 Å². The van der Waals surface area contributed by atoms with Gasteiger partial charge in [0.2, 0.25) is 5.91 Å². The van der Waals surface area contributed by atoms with E-state index in [4.69, 9.17) is 13.9 Å². The third kappa shape index (κ3) is 2.49. The quantitative estimate of drug-likeness (QED) is 0.473. The number of amides is 1. The third-order valence-electron chi connectivity index (χ3n) is 6.94. The van der Waals surface area contributed by atoms with E-state index in [1.807, 2.05) is 47.4 Å². The minimum Gasteiger partial charge on any atom is -0.493 e. The lowest BCUT2D eigenvalue weighted by atomic mass is 9.74. The number of fused-ring (bicyclic) bond motifs is 5. The second-order valence-electron chi connectivity index (χ2n) is 8.67. The molecule has 2 aromatic heterocycles. The minimum absolute atomic E-state index is 0.0108. The fourth-order valence-electron chi connectivity index (χ4n) is 5.44. The smallest absolute Gasteiger partial charge is 0.246 e. The first kappa shape index (κ1) is 18.5. The largest absolute Gasteiger partial charge is 0.493 e. The molecule has 3 aliphatic rings. The summed E-state index contributed by atoms with van der Waals surface area (Å²) in [5.41, 5.74) is 5.72. The van der Waals surface area contributed by atoms with Crippen LogP contribution >= 0.6 is 0 Å². The first-order chi connectivity index (χ1) is 16.3. The molecule has 1 amide bonds. The normalized spacial score (nSPS) is 19.9. The predicted molar refractivity (Wildman–Crippen MR) is 121 cm³/mol. The summed E-state index contributed by atoms with van der Waals surface area (Å²) < 4.78 is 17.4. The number of benzene rings is 2. The molecule has 0 radical (unpaired) electrons. The van der Waals surface area contributed by atoms with E-state index in [2.05, 4.69) is 17.1 Å². The highest BCUT2D eigenvalue weighted by atomic mass is 16.5. The number of carbonyl (C=O) groups is 1. The molecule has 4 aromatic rings. The summed E-state index contributed by atoms with van der Waals surface area (Å²) >= 11 is 0. The molecule has 33 heavy (non-hydrogen) atoms. The summed E-state index contributed by atoms with van der Waals surface area (Å²) in [6, 6.07) is 17.8. The minimum atomic E-state index is -0.926. The number of carbonyl (C=O) groups excluding carboxylic acids is 1. The molecule has 0 bridgehead atoms. The summed E-state index contributed by atoms with van der Waals surface area (Å²) in [5.74, 6) is 1.58. The Labute approximate surface area is 190 Å². The van der Waals surface area contributed by atoms with E-state index in [1.54, 1.807) is 18.7 Å². The molecule has 5 heterocycles. The summed E-state index contributed by atoms with van der Waals surface area (Å²) in [4.78, 5) is 20.7. The maximum absolute atomic E-state index is 14.3. The molecular weight excluding hydrogens is 416 g/mol. The van der Waals surface area contributed by atoms with E-state index in [0.717, 1.165) is 57.1 Å². The van der Waals surface area contributed by atoms with Gasteiger partial charge in [0.25, 0.3) is 0 Å². The maximum atomic E-state index is 14.3. The Morgan fingerprint density at radius 1 is 1.03 bits per heavy atom. The highest BCUT2D eigenvalue weighted by Crippen LogP contribution is 2.56. The van der Waals surface area contributed by atoms with Crippen LogP contribution in [0, 0.1) is 0 Å². The zero-order chi connectivity index (χ0) is 22.0. The molecule has 162 valence electrons. The fourth-order valence-corrected chi connectivity index (χ4v) is 5.44. The standard InChI is InChI=1S/C27H20N2O4/c30-26-27(16-33-24-13-23-17(8-11-32-23)12-21(24)27)25-20(18-7-10-31-15-18)5-3-6-22(25)29(26)14-19-4-1-2-9-28-19/h1-7,9-10,12-13,15H,8,11,14,16H2. The van der Waals surface area contributed by atoms with E-state index < -0.39 is 5.41 Å². The monoisotopic (exact) mass is 436 g/mol. The molecule has 0 fully saturated rings. The van der Waals surface area contributed by atoms with Gasteiger partial charge in [0.15, 0.2) is 0 Å². The Balaban J connectivity index is 1.48. The summed E-state index contributed by atoms with van der Waals surface area (Å²) in [7, 11) is 0. The van der Waals surface area contributed by atoms with E-state index in [9.17, 15) is 4.79 Å². The van der Waals surface area contributed by atoms with Gasteiger partial charge in [-0.1, -0.05) is 18.2 Å². The van der Waals surface area contributed by atoms with Crippen LogP contribution in [0.25, 0.3) is 11.1 Å². The van der Waals surface area contributed by atoms with Gasteiger partial charge in [-0.15, -0.1) is 0 Å². The molecule has 0 N–H and O–H groups in total. The molecule has 6 heteroatoms. The van der Waals surface area contributed by atoms with Crippen molar-refractivity contribution in [3.63, 3.8) is 0 Å². The number of hydrogen-bond donors (Lipinski definition) is 0. The number of hydrogen-bond acceptors (Lipinski definition) is 5. The molecule has 2 aromatic carbocycles. The molecular formula is C27H20N2O4. The van der Waals surface area contributed by atoms with Gasteiger partial charge in [-0.05, 0) is 41.5 Å². The van der Waals surface area contributed by atoms with Crippen molar-refractivity contribution in [2.45, 2.75) is 18.4 Å². The molecule has 3 aliphatic heterocycles. The lowest BCUT2D eigenvalue weighted by Crippen LogP contribution is -2.42. The highest BCUT2D eigenvalue weighted by molar-refractivity contribution is 6.13. The zero-order valence-corrected chi connectivity index (χ0v) is 17.8. The van der Waals surface area contributed by atoms with Crippen LogP contribution in [0.5, 0.6) is 11.5 Å². The van der Waals surface area contributed by atoms with Crippen molar-refractivity contribution in [1.82, 2.24) is 4.98 Å². The second-order valence-corrected chi connectivity index (χ2v) is 8.67. The van der Waals surface area contributed by atoms with Gasteiger partial charge in [0, 0.05) is 41.1 Å². The molecule has 1 unspecified atom stereocenters. The average Bonchev–Trinajstić information content (AvgIpc) is 3.63. The number of anilines is 1. The SMILES string of the molecule is O=C1N(Cc2ccccn2)c2cccc(-c3ccoc3)c2C12COc1cc3c(cc12)CCO3. The number of pyridine rings is 1. The van der Waals surface area contributed by atoms with Crippen molar-refractivity contribution < 1.29 is 18.7 Å². The van der Waals surface area contributed by atoms with Gasteiger partial charge in [0.05, 0.1) is 31.4 Å². The van der Waals surface area contributed by atoms with Crippen molar-refractivity contribution >= 4 is 11.6 Å². The molecule has 6 nitrogen and oxygen atoms in total. The van der Waals surface area contributed by atoms with Gasteiger partial charge in [0.1, 0.15) is 23.5 Å². The summed E-state index contributed by atoms with van der Waals surface area (Å²) in [6.07, 6.45) is 5.97. The predicted octanol–water partition coefficient (Wildman–Crippen LogP) is 4.50. The van der Waals surface area contributed by atoms with Crippen molar-refractivity contribution in [3.05, 3.63) is 95.7 Å². The summed E-state index contributed by atoms with van der Waals surface area (Å²) in [6.45, 7) is 1.30. The molecule has 0 saturated heterocycles. The number of furan rings is 1. The van der Waals surface area contributed by atoms with Crippen LogP contribution in [0.4, 0.5) is 5.69 Å². The van der Waals surface area contributed by atoms with Crippen molar-refractivity contribution in [1.29, 1.82) is 0 Å². The Morgan fingerprint density at radius 3 is 2.85 bits per heavy atom. The van der Waals surface area contributed by atoms with E-state index in [1.165, 1.54) is 0 Å². The molecule has 0 saturated carbocycles. The van der Waals surface area contributed by atoms with E-state index >= 15 is 0 Å². The van der Waals surface area contributed by atoms with E-state index in [-0.39, 0.29) is 12.5 Å². The molecule has 7 rings (SSSR count). The van der Waals surface area contributed by atoms with Gasteiger partial charge >= 0.3 is 0 Å². The van der Waals surface area contributed by atoms with Crippen molar-refractivity contribution in [2.24, 2.45) is 0 Å². The topological polar surface area (TPSA) is 64.8 Å². The third-order valence-corrected chi connectivity index (χ3v) is 6.94. The molecule has 0 aliphatic carbocycles. The van der Waals surface area contributed by atoms with Gasteiger partial charge < -0.3 is 18.8 Å².